The van der Waals surface area contributed by atoms with E-state index >= 15 is 0 Å². The molecule has 0 bridgehead atoms. The van der Waals surface area contributed by atoms with Gasteiger partial charge < -0.3 is 5.11 Å². The molecule has 1 N–H and O–H groups in total. The molecule has 0 aromatic rings. The second-order valence-corrected chi connectivity index (χ2v) is 5.31. The summed E-state index contributed by atoms with van der Waals surface area (Å²) in [6, 6.07) is 0. The highest BCUT2D eigenvalue weighted by Gasteiger charge is 2.12. The molecule has 0 aromatic heterocycles. The molecule has 1 saturated heterocycles. The number of thioether (sulfide) groups is 2. The van der Waals surface area contributed by atoms with Gasteiger partial charge in [-0.1, -0.05) is 0 Å². The van der Waals surface area contributed by atoms with Gasteiger partial charge in [-0.3, -0.25) is 0 Å². The van der Waals surface area contributed by atoms with E-state index in [0.717, 1.165) is 11.0 Å². The predicted molar refractivity (Wildman–Crippen MR) is 49.6 cm³/mol. The van der Waals surface area contributed by atoms with Gasteiger partial charge in [0.2, 0.25) is 0 Å². The summed E-state index contributed by atoms with van der Waals surface area (Å²) in [7, 11) is 0. The van der Waals surface area contributed by atoms with Crippen molar-refractivity contribution < 1.29 is 5.11 Å². The third-order valence-electron chi connectivity index (χ3n) is 1.49. The minimum atomic E-state index is 0.359. The molecule has 0 spiro atoms. The van der Waals surface area contributed by atoms with Crippen LogP contribution in [0.2, 0.25) is 0 Å². The van der Waals surface area contributed by atoms with Gasteiger partial charge in [0.05, 0.1) is 4.58 Å². The van der Waals surface area contributed by atoms with E-state index in [1.54, 1.807) is 0 Å². The molecule has 0 saturated carbocycles. The SMILES string of the molecule is OCCCC1SCCCS1. The minimum Gasteiger partial charge on any atom is -0.396 e. The molecule has 0 atom stereocenters. The van der Waals surface area contributed by atoms with Gasteiger partial charge in [-0.25, -0.2) is 0 Å². The Hall–Kier alpha value is 0.660. The average Bonchev–Trinajstić information content (AvgIpc) is 2.03. The lowest BCUT2D eigenvalue weighted by Crippen LogP contribution is -2.06. The highest BCUT2D eigenvalue weighted by atomic mass is 32.2. The van der Waals surface area contributed by atoms with E-state index in [1.165, 1.54) is 24.3 Å². The molecular formula is C7H14OS2. The Kier molecular flexibility index (Phi) is 4.66. The maximum absolute atomic E-state index is 8.58. The third-order valence-corrected chi connectivity index (χ3v) is 4.57. The summed E-state index contributed by atoms with van der Waals surface area (Å²) in [6.07, 6.45) is 3.53. The lowest BCUT2D eigenvalue weighted by atomic mass is 10.4. The van der Waals surface area contributed by atoms with Crippen molar-refractivity contribution in [3.63, 3.8) is 0 Å². The van der Waals surface area contributed by atoms with Crippen LogP contribution in [-0.4, -0.2) is 27.8 Å². The van der Waals surface area contributed by atoms with Gasteiger partial charge >= 0.3 is 0 Å². The second-order valence-electron chi connectivity index (χ2n) is 2.39. The summed E-state index contributed by atoms with van der Waals surface area (Å²) in [5.74, 6) is 2.65. The van der Waals surface area contributed by atoms with Gasteiger partial charge in [-0.15, -0.1) is 23.5 Å². The highest BCUT2D eigenvalue weighted by Crippen LogP contribution is 2.33. The van der Waals surface area contributed by atoms with Crippen LogP contribution >= 0.6 is 23.5 Å². The van der Waals surface area contributed by atoms with Gasteiger partial charge in [0.25, 0.3) is 0 Å². The largest absolute Gasteiger partial charge is 0.396 e. The lowest BCUT2D eigenvalue weighted by Gasteiger charge is -2.19. The van der Waals surface area contributed by atoms with E-state index in [-0.39, 0.29) is 0 Å². The minimum absolute atomic E-state index is 0.359. The highest BCUT2D eigenvalue weighted by molar-refractivity contribution is 8.17. The van der Waals surface area contributed by atoms with Crippen LogP contribution in [0.1, 0.15) is 19.3 Å². The van der Waals surface area contributed by atoms with Crippen LogP contribution in [0.25, 0.3) is 0 Å². The zero-order valence-corrected chi connectivity index (χ0v) is 7.72. The number of aliphatic hydroxyl groups excluding tert-OH is 1. The van der Waals surface area contributed by atoms with Crippen molar-refractivity contribution >= 4 is 23.5 Å². The maximum Gasteiger partial charge on any atom is 0.0503 e. The molecule has 60 valence electrons. The molecule has 0 unspecified atom stereocenters. The molecule has 1 fully saturated rings. The second kappa shape index (κ2) is 5.33. The van der Waals surface area contributed by atoms with Crippen LogP contribution in [0.15, 0.2) is 0 Å². The fourth-order valence-electron chi connectivity index (χ4n) is 0.961. The molecule has 0 aliphatic carbocycles. The molecule has 10 heavy (non-hydrogen) atoms. The molecule has 0 amide bonds. The first-order valence-corrected chi connectivity index (χ1v) is 5.87. The smallest absolute Gasteiger partial charge is 0.0503 e. The van der Waals surface area contributed by atoms with Crippen molar-refractivity contribution in [2.24, 2.45) is 0 Å². The maximum atomic E-state index is 8.58. The number of hydrogen-bond acceptors (Lipinski definition) is 3. The van der Waals surface area contributed by atoms with Crippen LogP contribution in [-0.2, 0) is 0 Å². The molecule has 1 aliphatic heterocycles. The van der Waals surface area contributed by atoms with Crippen molar-refractivity contribution in [2.75, 3.05) is 18.1 Å². The normalized spacial score (nSPS) is 21.3. The van der Waals surface area contributed by atoms with Crippen molar-refractivity contribution in [3.05, 3.63) is 0 Å². The average molecular weight is 178 g/mol. The summed E-state index contributed by atoms with van der Waals surface area (Å²) >= 11 is 4.11. The fourth-order valence-corrected chi connectivity index (χ4v) is 3.92. The monoisotopic (exact) mass is 178 g/mol. The first-order valence-electron chi connectivity index (χ1n) is 3.77. The zero-order valence-electron chi connectivity index (χ0n) is 6.08. The Labute approximate surface area is 71.0 Å². The molecule has 1 nitrogen and oxygen atoms in total. The fraction of sp³-hybridized carbons (Fsp3) is 1.00. The van der Waals surface area contributed by atoms with Gasteiger partial charge in [-0.2, -0.15) is 0 Å². The Bertz CT molecular complexity index is 81.7. The van der Waals surface area contributed by atoms with E-state index in [0.29, 0.717) is 6.61 Å². The molecule has 3 heteroatoms. The van der Waals surface area contributed by atoms with E-state index in [9.17, 15) is 0 Å². The van der Waals surface area contributed by atoms with Gasteiger partial charge in [0.15, 0.2) is 0 Å². The van der Waals surface area contributed by atoms with Crippen molar-refractivity contribution in [1.82, 2.24) is 0 Å². The number of hydrogen-bond donors (Lipinski definition) is 1. The van der Waals surface area contributed by atoms with Crippen molar-refractivity contribution in [3.8, 4) is 0 Å². The van der Waals surface area contributed by atoms with E-state index in [2.05, 4.69) is 23.5 Å². The molecule has 1 aliphatic rings. The topological polar surface area (TPSA) is 20.2 Å². The number of rotatable bonds is 3. The lowest BCUT2D eigenvalue weighted by molar-refractivity contribution is 0.286. The zero-order chi connectivity index (χ0) is 7.23. The summed E-state index contributed by atoms with van der Waals surface area (Å²) in [6.45, 7) is 0.359. The third kappa shape index (κ3) is 3.17. The van der Waals surface area contributed by atoms with Crippen LogP contribution in [0, 0.1) is 0 Å². The van der Waals surface area contributed by atoms with Crippen molar-refractivity contribution in [2.45, 2.75) is 23.8 Å². The molecule has 1 rings (SSSR count). The van der Waals surface area contributed by atoms with E-state index < -0.39 is 0 Å². The molecule has 1 heterocycles. The standard InChI is InChI=1S/C7H14OS2/c8-4-1-3-7-9-5-2-6-10-7/h7-8H,1-6H2. The Morgan fingerprint density at radius 1 is 1.30 bits per heavy atom. The number of aliphatic hydroxyl groups is 1. The van der Waals surface area contributed by atoms with Gasteiger partial charge in [-0.05, 0) is 30.8 Å². The Morgan fingerprint density at radius 2 is 2.00 bits per heavy atom. The van der Waals surface area contributed by atoms with E-state index in [4.69, 9.17) is 5.11 Å². The first-order chi connectivity index (χ1) is 4.93. The van der Waals surface area contributed by atoms with Crippen molar-refractivity contribution in [1.29, 1.82) is 0 Å². The van der Waals surface area contributed by atoms with Gasteiger partial charge in [0, 0.05) is 6.61 Å². The summed E-state index contributed by atoms with van der Waals surface area (Å²) in [5.41, 5.74) is 0. The predicted octanol–water partition coefficient (Wildman–Crippen LogP) is 1.96. The molecule has 0 aromatic carbocycles. The van der Waals surface area contributed by atoms with E-state index in [1.807, 2.05) is 0 Å². The van der Waals surface area contributed by atoms with Crippen LogP contribution in [0.4, 0.5) is 0 Å². The molecule has 0 radical (unpaired) electrons. The quantitative estimate of drug-likeness (QED) is 0.713. The first kappa shape index (κ1) is 8.75. The van der Waals surface area contributed by atoms with Crippen LogP contribution < -0.4 is 0 Å². The molecular weight excluding hydrogens is 164 g/mol. The summed E-state index contributed by atoms with van der Waals surface area (Å²) in [4.78, 5) is 0. The Morgan fingerprint density at radius 3 is 2.60 bits per heavy atom. The summed E-state index contributed by atoms with van der Waals surface area (Å²) < 4.78 is 0.779. The van der Waals surface area contributed by atoms with Gasteiger partial charge in [0.1, 0.15) is 0 Å². The van der Waals surface area contributed by atoms with Crippen LogP contribution in [0.3, 0.4) is 0 Å². The summed E-state index contributed by atoms with van der Waals surface area (Å²) in [5, 5.41) is 8.58. The van der Waals surface area contributed by atoms with Crippen LogP contribution in [0.5, 0.6) is 0 Å². The Balaban J connectivity index is 2.02.